The van der Waals surface area contributed by atoms with Crippen molar-refractivity contribution in [2.24, 2.45) is 5.73 Å². The molecule has 0 saturated heterocycles. The molecule has 0 aliphatic rings. The van der Waals surface area contributed by atoms with E-state index in [-0.39, 0.29) is 12.3 Å². The number of nitrogens with one attached hydrogen (secondary N) is 1. The Hall–Kier alpha value is -1.48. The molecule has 3 N–H and O–H groups in total. The Balaban J connectivity index is 3.00. The van der Waals surface area contributed by atoms with Gasteiger partial charge in [0.2, 0.25) is 5.54 Å². The molecule has 0 bridgehead atoms. The molecule has 0 radical (unpaired) electrons. The molecule has 0 fully saturated rings. The fraction of sp³-hybridized carbons (Fsp3) is 0.462. The van der Waals surface area contributed by atoms with Crippen molar-refractivity contribution >= 4 is 27.6 Å². The van der Waals surface area contributed by atoms with Crippen molar-refractivity contribution in [1.82, 2.24) is 0 Å². The van der Waals surface area contributed by atoms with Gasteiger partial charge in [-0.2, -0.15) is 13.2 Å². The molecule has 0 unspecified atom stereocenters. The van der Waals surface area contributed by atoms with E-state index in [0.29, 0.717) is 10.2 Å². The average molecular weight is 385 g/mol. The molecule has 124 valence electrons. The number of carbonyl (C=O) groups is 1. The van der Waals surface area contributed by atoms with E-state index in [1.165, 1.54) is 20.1 Å². The van der Waals surface area contributed by atoms with Crippen LogP contribution in [0.25, 0.3) is 0 Å². The van der Waals surface area contributed by atoms with Gasteiger partial charge in [0.1, 0.15) is 5.75 Å². The minimum Gasteiger partial charge on any atom is -0.495 e. The summed E-state index contributed by atoms with van der Waals surface area (Å²) in [7, 11) is 1.37. The molecule has 1 rings (SSSR count). The van der Waals surface area contributed by atoms with Crippen LogP contribution in [-0.2, 0) is 9.53 Å². The minimum atomic E-state index is -4.96. The van der Waals surface area contributed by atoms with Crippen LogP contribution in [0, 0.1) is 0 Å². The summed E-state index contributed by atoms with van der Waals surface area (Å²) in [6.45, 7) is 0.322. The lowest BCUT2D eigenvalue weighted by Crippen LogP contribution is -2.64. The summed E-state index contributed by atoms with van der Waals surface area (Å²) in [4.78, 5) is 11.6. The van der Waals surface area contributed by atoms with Crippen molar-refractivity contribution in [1.29, 1.82) is 0 Å². The Bertz CT molecular complexity index is 540. The van der Waals surface area contributed by atoms with Crippen molar-refractivity contribution in [2.75, 3.05) is 25.6 Å². The fourth-order valence-corrected chi connectivity index (χ4v) is 1.93. The molecule has 1 aromatic rings. The number of nitrogens with two attached hydrogens (primary N) is 1. The molecule has 1 atom stereocenters. The number of hydrogen-bond acceptors (Lipinski definition) is 5. The third-order valence-corrected chi connectivity index (χ3v) is 3.36. The number of halogens is 4. The SMILES string of the molecule is CCOC(=O)[C@@](N)(CNc1ccc(Br)cc1OC)C(F)(F)F. The molecular formula is C13H16BrF3N2O3. The van der Waals surface area contributed by atoms with Gasteiger partial charge in [-0.05, 0) is 25.1 Å². The monoisotopic (exact) mass is 384 g/mol. The summed E-state index contributed by atoms with van der Waals surface area (Å²) in [5.74, 6) is -1.23. The number of ether oxygens (including phenoxy) is 2. The quantitative estimate of drug-likeness (QED) is 0.737. The number of anilines is 1. The maximum atomic E-state index is 13.1. The molecule has 22 heavy (non-hydrogen) atoms. The molecule has 1 aromatic carbocycles. The number of methoxy groups -OCH3 is 1. The molecule has 0 aliphatic heterocycles. The maximum Gasteiger partial charge on any atom is 0.418 e. The number of carbonyl (C=O) groups excluding carboxylic acids is 1. The van der Waals surface area contributed by atoms with E-state index in [4.69, 9.17) is 10.5 Å². The van der Waals surface area contributed by atoms with Gasteiger partial charge in [-0.15, -0.1) is 0 Å². The van der Waals surface area contributed by atoms with Gasteiger partial charge in [0.15, 0.2) is 0 Å². The Morgan fingerprint density at radius 1 is 1.41 bits per heavy atom. The van der Waals surface area contributed by atoms with E-state index in [0.717, 1.165) is 0 Å². The number of rotatable bonds is 6. The third-order valence-electron chi connectivity index (χ3n) is 2.87. The van der Waals surface area contributed by atoms with Crippen molar-refractivity contribution in [3.05, 3.63) is 22.7 Å². The van der Waals surface area contributed by atoms with Crippen molar-refractivity contribution in [3.63, 3.8) is 0 Å². The summed E-state index contributed by atoms with van der Waals surface area (Å²) < 4.78 is 49.5. The van der Waals surface area contributed by atoms with Crippen molar-refractivity contribution in [3.8, 4) is 5.75 Å². The van der Waals surface area contributed by atoms with Crippen molar-refractivity contribution in [2.45, 2.75) is 18.6 Å². The summed E-state index contributed by atoms with van der Waals surface area (Å²) >= 11 is 3.22. The highest BCUT2D eigenvalue weighted by Crippen LogP contribution is 2.32. The molecular weight excluding hydrogens is 369 g/mol. The highest BCUT2D eigenvalue weighted by Gasteiger charge is 2.59. The Labute approximate surface area is 134 Å². The van der Waals surface area contributed by atoms with E-state index >= 15 is 0 Å². The molecule has 9 heteroatoms. The van der Waals surface area contributed by atoms with Gasteiger partial charge < -0.3 is 20.5 Å². The van der Waals surface area contributed by atoms with Gasteiger partial charge >= 0.3 is 12.1 Å². The van der Waals surface area contributed by atoms with E-state index < -0.39 is 24.2 Å². The second-order valence-corrected chi connectivity index (χ2v) is 5.30. The molecule has 0 aliphatic carbocycles. The normalized spacial score (nSPS) is 14.1. The highest BCUT2D eigenvalue weighted by molar-refractivity contribution is 9.10. The van der Waals surface area contributed by atoms with Crippen LogP contribution < -0.4 is 15.8 Å². The van der Waals surface area contributed by atoms with E-state index in [2.05, 4.69) is 26.0 Å². The van der Waals surface area contributed by atoms with Crippen LogP contribution in [0.4, 0.5) is 18.9 Å². The second kappa shape index (κ2) is 7.19. The zero-order valence-corrected chi connectivity index (χ0v) is 13.5. The lowest BCUT2D eigenvalue weighted by Gasteiger charge is -2.30. The lowest BCUT2D eigenvalue weighted by molar-refractivity contribution is -0.202. The van der Waals surface area contributed by atoms with Gasteiger partial charge in [-0.1, -0.05) is 15.9 Å². The van der Waals surface area contributed by atoms with Crippen LogP contribution in [0.3, 0.4) is 0 Å². The largest absolute Gasteiger partial charge is 0.495 e. The van der Waals surface area contributed by atoms with Crippen LogP contribution in [0.5, 0.6) is 5.75 Å². The van der Waals surface area contributed by atoms with Gasteiger partial charge in [0.05, 0.1) is 25.9 Å². The molecule has 0 aromatic heterocycles. The summed E-state index contributed by atoms with van der Waals surface area (Å²) in [6, 6.07) is 4.68. The Morgan fingerprint density at radius 2 is 2.05 bits per heavy atom. The first-order chi connectivity index (χ1) is 10.2. The molecule has 0 spiro atoms. The van der Waals surface area contributed by atoms with Gasteiger partial charge in [-0.25, -0.2) is 4.79 Å². The summed E-state index contributed by atoms with van der Waals surface area (Å²) in [5.41, 5.74) is 2.38. The van der Waals surface area contributed by atoms with Gasteiger partial charge in [-0.3, -0.25) is 0 Å². The number of benzene rings is 1. The topological polar surface area (TPSA) is 73.6 Å². The van der Waals surface area contributed by atoms with Gasteiger partial charge in [0.25, 0.3) is 0 Å². The van der Waals surface area contributed by atoms with Crippen LogP contribution in [0.2, 0.25) is 0 Å². The van der Waals surface area contributed by atoms with Crippen LogP contribution in [-0.4, -0.2) is 37.9 Å². The van der Waals surface area contributed by atoms with E-state index in [1.807, 2.05) is 0 Å². The molecule has 0 amide bonds. The first-order valence-corrected chi connectivity index (χ1v) is 7.05. The average Bonchev–Trinajstić information content (AvgIpc) is 2.44. The fourth-order valence-electron chi connectivity index (χ4n) is 1.59. The van der Waals surface area contributed by atoms with E-state index in [9.17, 15) is 18.0 Å². The predicted octanol–water partition coefficient (Wildman–Crippen LogP) is 2.69. The molecule has 0 saturated carbocycles. The van der Waals surface area contributed by atoms with Gasteiger partial charge in [0, 0.05) is 4.47 Å². The number of alkyl halides is 3. The molecule has 0 heterocycles. The first kappa shape index (κ1) is 18.6. The Morgan fingerprint density at radius 3 is 2.55 bits per heavy atom. The first-order valence-electron chi connectivity index (χ1n) is 6.26. The minimum absolute atomic E-state index is 0.199. The zero-order chi connectivity index (χ0) is 17.0. The highest BCUT2D eigenvalue weighted by atomic mass is 79.9. The standard InChI is InChI=1S/C13H16BrF3N2O3/c1-3-22-11(20)12(18,13(15,16)17)7-19-9-5-4-8(14)6-10(9)21-2/h4-6,19H,3,7,18H2,1-2H3/t12-/m0/s1. The predicted molar refractivity (Wildman–Crippen MR) is 78.8 cm³/mol. The summed E-state index contributed by atoms with van der Waals surface area (Å²) in [5, 5.41) is 2.49. The lowest BCUT2D eigenvalue weighted by atomic mass is 10.0. The third kappa shape index (κ3) is 4.04. The second-order valence-electron chi connectivity index (χ2n) is 4.39. The molecule has 5 nitrogen and oxygen atoms in total. The zero-order valence-electron chi connectivity index (χ0n) is 12.0. The van der Waals surface area contributed by atoms with Crippen LogP contribution in [0.1, 0.15) is 6.92 Å². The summed E-state index contributed by atoms with van der Waals surface area (Å²) in [6.07, 6.45) is -4.96. The van der Waals surface area contributed by atoms with E-state index in [1.54, 1.807) is 12.1 Å². The Kier molecular flexibility index (Phi) is 6.07. The number of hydrogen-bond donors (Lipinski definition) is 2. The maximum absolute atomic E-state index is 13.1. The van der Waals surface area contributed by atoms with Crippen LogP contribution in [0.15, 0.2) is 22.7 Å². The smallest absolute Gasteiger partial charge is 0.418 e. The number of esters is 1. The van der Waals surface area contributed by atoms with Crippen molar-refractivity contribution < 1.29 is 27.4 Å². The van der Waals surface area contributed by atoms with Crippen LogP contribution >= 0.6 is 15.9 Å².